The summed E-state index contributed by atoms with van der Waals surface area (Å²) in [7, 11) is 0. The topological polar surface area (TPSA) is 77.2 Å². The van der Waals surface area contributed by atoms with Crippen LogP contribution in [0, 0.1) is 12.8 Å². The first kappa shape index (κ1) is 22.2. The van der Waals surface area contributed by atoms with Gasteiger partial charge in [0.05, 0.1) is 6.20 Å². The van der Waals surface area contributed by atoms with Crippen molar-refractivity contribution in [2.45, 2.75) is 38.6 Å². The Morgan fingerprint density at radius 1 is 1.27 bits per heavy atom. The van der Waals surface area contributed by atoms with Gasteiger partial charge in [-0.25, -0.2) is 0 Å². The van der Waals surface area contributed by atoms with Gasteiger partial charge in [-0.1, -0.05) is 6.42 Å². The van der Waals surface area contributed by atoms with Gasteiger partial charge in [0, 0.05) is 23.8 Å². The number of anilines is 1. The summed E-state index contributed by atoms with van der Waals surface area (Å²) < 4.78 is 5.81. The summed E-state index contributed by atoms with van der Waals surface area (Å²) in [6.07, 6.45) is 7.10. The summed E-state index contributed by atoms with van der Waals surface area (Å²) in [5.74, 6) is 1.51. The Morgan fingerprint density at radius 2 is 2.08 bits per heavy atom. The summed E-state index contributed by atoms with van der Waals surface area (Å²) in [6.45, 7) is 1.96. The van der Waals surface area contributed by atoms with E-state index in [1.165, 1.54) is 0 Å². The molecule has 1 amide bonds. The van der Waals surface area contributed by atoms with Gasteiger partial charge in [0.2, 0.25) is 5.91 Å². The van der Waals surface area contributed by atoms with E-state index in [0.717, 1.165) is 42.7 Å². The van der Waals surface area contributed by atoms with Crippen LogP contribution in [0.15, 0.2) is 42.7 Å². The van der Waals surface area contributed by atoms with E-state index in [0.29, 0.717) is 5.75 Å². The lowest BCUT2D eigenvalue weighted by atomic mass is 9.85. The van der Waals surface area contributed by atoms with E-state index >= 15 is 0 Å². The number of ether oxygens (including phenoxy) is 1. The Hall–Kier alpha value is -1.82. The lowest BCUT2D eigenvalue weighted by Crippen LogP contribution is -2.34. The molecule has 3 N–H and O–H groups in total. The van der Waals surface area contributed by atoms with Crippen molar-refractivity contribution in [3.05, 3.63) is 48.3 Å². The first-order valence-corrected chi connectivity index (χ1v) is 8.37. The average Bonchev–Trinajstić information content (AvgIpc) is 2.58. The first-order valence-electron chi connectivity index (χ1n) is 8.37. The fourth-order valence-corrected chi connectivity index (χ4v) is 3.09. The van der Waals surface area contributed by atoms with E-state index in [1.807, 2.05) is 37.3 Å². The number of hydrogen-bond donors (Lipinski definition) is 2. The van der Waals surface area contributed by atoms with Crippen LogP contribution in [0.5, 0.6) is 11.5 Å². The monoisotopic (exact) mass is 397 g/mol. The Labute approximate surface area is 166 Å². The predicted octanol–water partition coefficient (Wildman–Crippen LogP) is 4.48. The van der Waals surface area contributed by atoms with Gasteiger partial charge in [0.15, 0.2) is 0 Å². The number of nitrogens with one attached hydrogen (secondary N) is 1. The van der Waals surface area contributed by atoms with Crippen molar-refractivity contribution in [3.63, 3.8) is 0 Å². The normalized spacial score (nSPS) is 18.8. The number of nitrogens with zero attached hydrogens (tertiary/aromatic N) is 1. The molecule has 0 radical (unpaired) electrons. The van der Waals surface area contributed by atoms with Crippen LogP contribution in [0.4, 0.5) is 5.69 Å². The number of hydrogen-bond acceptors (Lipinski definition) is 4. The molecule has 2 aromatic rings. The number of halogens is 2. The number of carbonyl (C=O) groups is 1. The number of benzene rings is 1. The van der Waals surface area contributed by atoms with Crippen molar-refractivity contribution in [3.8, 4) is 11.5 Å². The third kappa shape index (κ3) is 5.87. The molecule has 2 unspecified atom stereocenters. The minimum atomic E-state index is 0. The van der Waals surface area contributed by atoms with E-state index in [2.05, 4.69) is 10.3 Å². The highest BCUT2D eigenvalue weighted by molar-refractivity contribution is 5.92. The molecule has 2 atom stereocenters. The molecule has 0 aliphatic heterocycles. The van der Waals surface area contributed by atoms with Gasteiger partial charge in [0.1, 0.15) is 11.5 Å². The molecule has 1 aliphatic rings. The Bertz CT molecular complexity index is 713. The Morgan fingerprint density at radius 3 is 2.73 bits per heavy atom. The molecule has 0 bridgehead atoms. The maximum absolute atomic E-state index is 12.4. The lowest BCUT2D eigenvalue weighted by Gasteiger charge is -2.25. The largest absolute Gasteiger partial charge is 0.455 e. The minimum absolute atomic E-state index is 0. The molecular formula is C19H25Cl2N3O2. The molecular weight excluding hydrogens is 373 g/mol. The molecule has 7 heteroatoms. The number of amides is 1. The van der Waals surface area contributed by atoms with Crippen LogP contribution in [0.3, 0.4) is 0 Å². The molecule has 142 valence electrons. The molecule has 1 aliphatic carbocycles. The highest BCUT2D eigenvalue weighted by Gasteiger charge is 2.25. The predicted molar refractivity (Wildman–Crippen MR) is 109 cm³/mol. The van der Waals surface area contributed by atoms with E-state index in [1.54, 1.807) is 12.4 Å². The van der Waals surface area contributed by atoms with Crippen molar-refractivity contribution in [1.82, 2.24) is 4.98 Å². The SMILES string of the molecule is Cc1cc(NC(=O)C2CCCC(N)C2)ccc1Oc1cccnc1.Cl.Cl. The number of pyridine rings is 1. The van der Waals surface area contributed by atoms with Crippen molar-refractivity contribution < 1.29 is 9.53 Å². The smallest absolute Gasteiger partial charge is 0.227 e. The maximum atomic E-state index is 12.4. The number of carbonyl (C=O) groups excluding carboxylic acids is 1. The van der Waals surface area contributed by atoms with Gasteiger partial charge >= 0.3 is 0 Å². The highest BCUT2D eigenvalue weighted by Crippen LogP contribution is 2.28. The van der Waals surface area contributed by atoms with Crippen LogP contribution in [0.25, 0.3) is 0 Å². The molecule has 3 rings (SSSR count). The van der Waals surface area contributed by atoms with Crippen LogP contribution in [-0.4, -0.2) is 16.9 Å². The zero-order valence-corrected chi connectivity index (χ0v) is 16.3. The molecule has 0 spiro atoms. The van der Waals surface area contributed by atoms with Crippen LogP contribution in [0.1, 0.15) is 31.2 Å². The molecule has 1 heterocycles. The fraction of sp³-hybridized carbons (Fsp3) is 0.368. The summed E-state index contributed by atoms with van der Waals surface area (Å²) in [4.78, 5) is 16.4. The fourth-order valence-electron chi connectivity index (χ4n) is 3.09. The summed E-state index contributed by atoms with van der Waals surface area (Å²) in [6, 6.07) is 9.48. The summed E-state index contributed by atoms with van der Waals surface area (Å²) in [5, 5.41) is 3.00. The van der Waals surface area contributed by atoms with Gasteiger partial charge < -0.3 is 15.8 Å². The zero-order valence-electron chi connectivity index (χ0n) is 14.7. The summed E-state index contributed by atoms with van der Waals surface area (Å²) >= 11 is 0. The van der Waals surface area contributed by atoms with Crippen LogP contribution in [-0.2, 0) is 4.79 Å². The Kier molecular flexibility index (Phi) is 8.85. The second kappa shape index (κ2) is 10.4. The van der Waals surface area contributed by atoms with E-state index in [-0.39, 0.29) is 42.7 Å². The lowest BCUT2D eigenvalue weighted by molar-refractivity contribution is -0.120. The van der Waals surface area contributed by atoms with Crippen LogP contribution in [0.2, 0.25) is 0 Å². The second-order valence-corrected chi connectivity index (χ2v) is 6.38. The second-order valence-electron chi connectivity index (χ2n) is 6.38. The van der Waals surface area contributed by atoms with Gasteiger partial charge in [-0.3, -0.25) is 9.78 Å². The van der Waals surface area contributed by atoms with Gasteiger partial charge in [-0.2, -0.15) is 0 Å². The van der Waals surface area contributed by atoms with Crippen LogP contribution < -0.4 is 15.8 Å². The van der Waals surface area contributed by atoms with Crippen LogP contribution >= 0.6 is 24.8 Å². The number of rotatable bonds is 4. The number of nitrogens with two attached hydrogens (primary N) is 1. The van der Waals surface area contributed by atoms with E-state index in [9.17, 15) is 4.79 Å². The number of aromatic nitrogens is 1. The highest BCUT2D eigenvalue weighted by atomic mass is 35.5. The molecule has 1 aromatic heterocycles. The standard InChI is InChI=1S/C19H23N3O2.2ClH/c1-13-10-16(22-19(23)14-4-2-5-15(20)11-14)7-8-18(13)24-17-6-3-9-21-12-17;;/h3,6-10,12,14-15H,2,4-5,11,20H2,1H3,(H,22,23);2*1H. The van der Waals surface area contributed by atoms with Crippen molar-refractivity contribution in [1.29, 1.82) is 0 Å². The van der Waals surface area contributed by atoms with Crippen molar-refractivity contribution >= 4 is 36.4 Å². The maximum Gasteiger partial charge on any atom is 0.227 e. The van der Waals surface area contributed by atoms with Gasteiger partial charge in [-0.05, 0) is 62.1 Å². The van der Waals surface area contributed by atoms with Gasteiger partial charge in [-0.15, -0.1) is 24.8 Å². The zero-order chi connectivity index (χ0) is 16.9. The molecule has 26 heavy (non-hydrogen) atoms. The molecule has 0 saturated heterocycles. The van der Waals surface area contributed by atoms with Crippen molar-refractivity contribution in [2.24, 2.45) is 11.7 Å². The number of aryl methyl sites for hydroxylation is 1. The molecule has 1 saturated carbocycles. The third-order valence-corrected chi connectivity index (χ3v) is 4.39. The van der Waals surface area contributed by atoms with Gasteiger partial charge in [0.25, 0.3) is 0 Å². The molecule has 1 fully saturated rings. The minimum Gasteiger partial charge on any atom is -0.455 e. The summed E-state index contributed by atoms with van der Waals surface area (Å²) in [5.41, 5.74) is 7.71. The van der Waals surface area contributed by atoms with E-state index < -0.39 is 0 Å². The Balaban J connectivity index is 0.00000169. The quantitative estimate of drug-likeness (QED) is 0.796. The molecule has 5 nitrogen and oxygen atoms in total. The van der Waals surface area contributed by atoms with E-state index in [4.69, 9.17) is 10.5 Å². The van der Waals surface area contributed by atoms with Crippen molar-refractivity contribution in [2.75, 3.05) is 5.32 Å². The molecule has 1 aromatic carbocycles. The third-order valence-electron chi connectivity index (χ3n) is 4.39. The average molecular weight is 398 g/mol. The first-order chi connectivity index (χ1) is 11.6.